The molecule has 6 nitrogen and oxygen atoms in total. The standard InChI is InChI=1S/C24H22Cl3F6N5O/c1-37-18-8-17(38-6-2-3-13(11-38)24(31,32)33)15(26)7-16(18)35-22(37)36-21-14(25)5-4-12(20(21)27)10-34-19(39)9-23(28,29)30/h4-5,7-8,13H,2-3,6,9-11H2,1H3,(H,34,39)(H,35,36). The third-order valence-corrected chi connectivity index (χ3v) is 7.47. The molecule has 1 aliphatic rings. The van der Waals surface area contributed by atoms with Crippen LogP contribution in [0, 0.1) is 5.92 Å². The lowest BCUT2D eigenvalue weighted by Gasteiger charge is -2.35. The predicted molar refractivity (Wildman–Crippen MR) is 139 cm³/mol. The summed E-state index contributed by atoms with van der Waals surface area (Å²) >= 11 is 19.2. The number of carbonyl (C=O) groups excluding carboxylic acids is 1. The van der Waals surface area contributed by atoms with Gasteiger partial charge in [0.15, 0.2) is 0 Å². The second kappa shape index (κ2) is 11.1. The smallest absolute Gasteiger partial charge is 0.370 e. The Labute approximate surface area is 234 Å². The predicted octanol–water partition coefficient (Wildman–Crippen LogP) is 7.62. The number of anilines is 3. The molecule has 2 heterocycles. The first-order valence-electron chi connectivity index (χ1n) is 11.7. The van der Waals surface area contributed by atoms with Gasteiger partial charge in [0.05, 0.1) is 43.4 Å². The number of fused-ring (bicyclic) bond motifs is 1. The number of hydrogen-bond acceptors (Lipinski definition) is 4. The summed E-state index contributed by atoms with van der Waals surface area (Å²) in [5.41, 5.74) is 2.01. The van der Waals surface area contributed by atoms with E-state index in [4.69, 9.17) is 34.8 Å². The van der Waals surface area contributed by atoms with E-state index in [1.165, 1.54) is 12.1 Å². The van der Waals surface area contributed by atoms with Gasteiger partial charge in [0.2, 0.25) is 11.9 Å². The van der Waals surface area contributed by atoms with Crippen molar-refractivity contribution in [1.82, 2.24) is 14.9 Å². The van der Waals surface area contributed by atoms with Crippen LogP contribution in [0.3, 0.4) is 0 Å². The molecule has 0 spiro atoms. The van der Waals surface area contributed by atoms with Gasteiger partial charge in [0.25, 0.3) is 0 Å². The fourth-order valence-electron chi connectivity index (χ4n) is 4.42. The summed E-state index contributed by atoms with van der Waals surface area (Å²) in [6, 6.07) is 6.17. The maximum atomic E-state index is 13.3. The van der Waals surface area contributed by atoms with Crippen LogP contribution in [-0.4, -0.2) is 40.9 Å². The minimum Gasteiger partial charge on any atom is -0.370 e. The van der Waals surface area contributed by atoms with Crippen molar-refractivity contribution in [3.05, 3.63) is 44.9 Å². The molecule has 2 N–H and O–H groups in total. The number of nitrogens with zero attached hydrogens (tertiary/aromatic N) is 3. The lowest BCUT2D eigenvalue weighted by molar-refractivity contribution is -0.176. The van der Waals surface area contributed by atoms with Gasteiger partial charge < -0.3 is 20.1 Å². The van der Waals surface area contributed by atoms with Crippen molar-refractivity contribution in [2.24, 2.45) is 13.0 Å². The minimum absolute atomic E-state index is 0.0617. The Morgan fingerprint density at radius 1 is 1.10 bits per heavy atom. The maximum Gasteiger partial charge on any atom is 0.397 e. The number of amides is 1. The van der Waals surface area contributed by atoms with Crippen LogP contribution in [0.1, 0.15) is 24.8 Å². The van der Waals surface area contributed by atoms with Crippen molar-refractivity contribution in [3.8, 4) is 0 Å². The number of halogens is 9. The maximum absolute atomic E-state index is 13.3. The third kappa shape index (κ3) is 6.78. The van der Waals surface area contributed by atoms with Crippen LogP contribution in [-0.2, 0) is 18.4 Å². The number of imidazole rings is 1. The Hall–Kier alpha value is -2.57. The van der Waals surface area contributed by atoms with Gasteiger partial charge in [-0.25, -0.2) is 4.98 Å². The minimum atomic E-state index is -4.64. The summed E-state index contributed by atoms with van der Waals surface area (Å²) in [6.07, 6.45) is -10.1. The SMILES string of the molecule is Cn1c(Nc2c(Cl)ccc(CNC(=O)CC(F)(F)F)c2Cl)nc2cc(Cl)c(N3CCCC(C(F)(F)F)C3)cc21. The van der Waals surface area contributed by atoms with Crippen LogP contribution in [0.25, 0.3) is 11.0 Å². The van der Waals surface area contributed by atoms with E-state index < -0.39 is 30.6 Å². The Bertz CT molecular complexity index is 1390. The lowest BCUT2D eigenvalue weighted by atomic mass is 9.97. The molecule has 2 aromatic carbocycles. The van der Waals surface area contributed by atoms with Crippen molar-refractivity contribution in [2.45, 2.75) is 38.2 Å². The van der Waals surface area contributed by atoms with Crippen molar-refractivity contribution >= 4 is 69.1 Å². The van der Waals surface area contributed by atoms with E-state index in [-0.39, 0.29) is 46.2 Å². The van der Waals surface area contributed by atoms with Gasteiger partial charge in [0.1, 0.15) is 6.42 Å². The molecule has 15 heteroatoms. The number of hydrogen-bond donors (Lipinski definition) is 2. The second-order valence-corrected chi connectivity index (χ2v) is 10.4. The highest BCUT2D eigenvalue weighted by Crippen LogP contribution is 2.40. The zero-order valence-electron chi connectivity index (χ0n) is 20.3. The topological polar surface area (TPSA) is 62.2 Å². The Kier molecular flexibility index (Phi) is 8.39. The number of aromatic nitrogens is 2. The first-order valence-corrected chi connectivity index (χ1v) is 12.8. The average molecular weight is 617 g/mol. The molecular formula is C24H22Cl3F6N5O. The van der Waals surface area contributed by atoms with E-state index in [1.807, 2.05) is 0 Å². The van der Waals surface area contributed by atoms with Gasteiger partial charge in [0, 0.05) is 26.7 Å². The van der Waals surface area contributed by atoms with Gasteiger partial charge >= 0.3 is 12.4 Å². The molecule has 1 fully saturated rings. The van der Waals surface area contributed by atoms with Crippen LogP contribution in [0.4, 0.5) is 43.7 Å². The number of nitrogens with one attached hydrogen (secondary N) is 2. The Morgan fingerprint density at radius 3 is 2.49 bits per heavy atom. The first-order chi connectivity index (χ1) is 18.1. The monoisotopic (exact) mass is 615 g/mol. The van der Waals surface area contributed by atoms with E-state index in [9.17, 15) is 31.1 Å². The molecule has 0 aliphatic carbocycles. The molecule has 1 atom stereocenters. The van der Waals surface area contributed by atoms with Crippen LogP contribution in [0.2, 0.25) is 15.1 Å². The van der Waals surface area contributed by atoms with Gasteiger partial charge in [-0.05, 0) is 36.6 Å². The molecular weight excluding hydrogens is 595 g/mol. The van der Waals surface area contributed by atoms with E-state index in [1.54, 1.807) is 28.6 Å². The molecule has 3 aromatic rings. The van der Waals surface area contributed by atoms with Gasteiger partial charge in [-0.1, -0.05) is 40.9 Å². The van der Waals surface area contributed by atoms with Crippen LogP contribution < -0.4 is 15.5 Å². The van der Waals surface area contributed by atoms with Gasteiger partial charge in [-0.3, -0.25) is 4.79 Å². The van der Waals surface area contributed by atoms with Crippen LogP contribution >= 0.6 is 34.8 Å². The van der Waals surface area contributed by atoms with E-state index in [2.05, 4.69) is 15.6 Å². The summed E-state index contributed by atoms with van der Waals surface area (Å²) in [7, 11) is 1.67. The Balaban J connectivity index is 1.59. The van der Waals surface area contributed by atoms with Crippen molar-refractivity contribution < 1.29 is 31.1 Å². The number of alkyl halides is 6. The Morgan fingerprint density at radius 2 is 1.82 bits per heavy atom. The summed E-state index contributed by atoms with van der Waals surface area (Å²) in [6.45, 7) is -0.0383. The molecule has 0 bridgehead atoms. The highest BCUT2D eigenvalue weighted by Gasteiger charge is 2.42. The molecule has 1 amide bonds. The largest absolute Gasteiger partial charge is 0.397 e. The van der Waals surface area contributed by atoms with Crippen molar-refractivity contribution in [2.75, 3.05) is 23.3 Å². The number of aryl methyl sites for hydroxylation is 1. The second-order valence-electron chi connectivity index (χ2n) is 9.20. The molecule has 1 aliphatic heterocycles. The molecule has 0 saturated carbocycles. The van der Waals surface area contributed by atoms with Gasteiger partial charge in [-0.15, -0.1) is 0 Å². The highest BCUT2D eigenvalue weighted by molar-refractivity contribution is 6.39. The quantitative estimate of drug-likeness (QED) is 0.280. The zero-order valence-corrected chi connectivity index (χ0v) is 22.5. The van der Waals surface area contributed by atoms with Crippen molar-refractivity contribution in [3.63, 3.8) is 0 Å². The summed E-state index contributed by atoms with van der Waals surface area (Å²) < 4.78 is 79.0. The molecule has 1 saturated heterocycles. The third-order valence-electron chi connectivity index (χ3n) is 6.42. The molecule has 1 aromatic heterocycles. The fraction of sp³-hybridized carbons (Fsp3) is 0.417. The summed E-state index contributed by atoms with van der Waals surface area (Å²) in [4.78, 5) is 17.7. The fourth-order valence-corrected chi connectivity index (χ4v) is 5.23. The number of piperidine rings is 1. The number of carbonyl (C=O) groups is 1. The highest BCUT2D eigenvalue weighted by atomic mass is 35.5. The van der Waals surface area contributed by atoms with Crippen LogP contribution in [0.15, 0.2) is 24.3 Å². The summed E-state index contributed by atoms with van der Waals surface area (Å²) in [5.74, 6) is -2.38. The van der Waals surface area contributed by atoms with Crippen molar-refractivity contribution in [1.29, 1.82) is 0 Å². The van der Waals surface area contributed by atoms with Crippen LogP contribution in [0.5, 0.6) is 0 Å². The average Bonchev–Trinajstić information content (AvgIpc) is 3.13. The normalized spacial score (nSPS) is 16.6. The number of benzene rings is 2. The molecule has 1 unspecified atom stereocenters. The molecule has 4 rings (SSSR count). The van der Waals surface area contributed by atoms with Gasteiger partial charge in [-0.2, -0.15) is 26.3 Å². The lowest BCUT2D eigenvalue weighted by Crippen LogP contribution is -2.41. The summed E-state index contributed by atoms with van der Waals surface area (Å²) in [5, 5.41) is 5.67. The van der Waals surface area contributed by atoms with E-state index in [0.29, 0.717) is 35.2 Å². The molecule has 212 valence electrons. The zero-order chi connectivity index (χ0) is 28.7. The molecule has 0 radical (unpaired) electrons. The van der Waals surface area contributed by atoms with E-state index >= 15 is 0 Å². The first kappa shape index (κ1) is 29.4. The molecule has 39 heavy (non-hydrogen) atoms. The number of rotatable bonds is 6. The van der Waals surface area contributed by atoms with E-state index in [0.717, 1.165) is 0 Å².